The van der Waals surface area contributed by atoms with Crippen LogP contribution in [0.25, 0.3) is 6.08 Å². The summed E-state index contributed by atoms with van der Waals surface area (Å²) in [5.41, 5.74) is -0.135. The van der Waals surface area contributed by atoms with Gasteiger partial charge in [-0.15, -0.1) is 0 Å². The topological polar surface area (TPSA) is 92.8 Å². The van der Waals surface area contributed by atoms with Gasteiger partial charge >= 0.3 is 6.09 Å². The summed E-state index contributed by atoms with van der Waals surface area (Å²) in [4.78, 5) is 23.9. The fourth-order valence-corrected chi connectivity index (χ4v) is 3.83. The Balaban J connectivity index is 1.80. The van der Waals surface area contributed by atoms with Crippen molar-refractivity contribution in [2.75, 3.05) is 18.0 Å². The van der Waals surface area contributed by atoms with Crippen LogP contribution in [-0.4, -0.2) is 39.6 Å². The number of anilines is 1. The lowest BCUT2D eigenvalue weighted by molar-refractivity contribution is -0.119. The van der Waals surface area contributed by atoms with E-state index in [1.54, 1.807) is 6.07 Å². The van der Waals surface area contributed by atoms with Gasteiger partial charge in [0.2, 0.25) is 20.9 Å². The summed E-state index contributed by atoms with van der Waals surface area (Å²) < 4.78 is 58.5. The van der Waals surface area contributed by atoms with Crippen LogP contribution in [0.2, 0.25) is 0 Å². The number of ether oxygens (including phenoxy) is 1. The SMILES string of the molecule is CC(=O)NC[C@H]1CN(c2ccc(/C=C(\F)S(=O)(=O)c3ccccc3)c(F)c2)C(=O)O1. The molecule has 2 amide bonds. The highest BCUT2D eigenvalue weighted by atomic mass is 32.2. The zero-order valence-corrected chi connectivity index (χ0v) is 16.7. The Kier molecular flexibility index (Phi) is 6.16. The number of nitrogens with one attached hydrogen (secondary N) is 1. The Hall–Kier alpha value is -3.27. The zero-order chi connectivity index (χ0) is 21.9. The number of nitrogens with zero attached hydrogens (tertiary/aromatic N) is 1. The lowest BCUT2D eigenvalue weighted by Gasteiger charge is -2.14. The van der Waals surface area contributed by atoms with E-state index in [1.165, 1.54) is 48.2 Å². The first-order valence-electron chi connectivity index (χ1n) is 8.88. The van der Waals surface area contributed by atoms with Crippen LogP contribution < -0.4 is 10.2 Å². The number of benzene rings is 2. The number of hydrogen-bond donors (Lipinski definition) is 1. The fourth-order valence-electron chi connectivity index (χ4n) is 2.81. The summed E-state index contributed by atoms with van der Waals surface area (Å²) in [5, 5.41) is 1.02. The summed E-state index contributed by atoms with van der Waals surface area (Å²) in [5.74, 6) is -1.19. The molecule has 0 spiro atoms. The molecule has 1 N–H and O–H groups in total. The number of carbonyl (C=O) groups is 2. The summed E-state index contributed by atoms with van der Waals surface area (Å²) >= 11 is 0. The van der Waals surface area contributed by atoms with Crippen LogP contribution >= 0.6 is 0 Å². The maximum absolute atomic E-state index is 14.5. The monoisotopic (exact) mass is 436 g/mol. The van der Waals surface area contributed by atoms with Gasteiger partial charge in [0, 0.05) is 12.5 Å². The van der Waals surface area contributed by atoms with Gasteiger partial charge in [0.1, 0.15) is 11.9 Å². The number of carbonyl (C=O) groups excluding carboxylic acids is 2. The highest BCUT2D eigenvalue weighted by Gasteiger charge is 2.32. The molecular weight excluding hydrogens is 418 g/mol. The molecule has 1 fully saturated rings. The van der Waals surface area contributed by atoms with Crippen molar-refractivity contribution in [3.8, 4) is 0 Å². The Morgan fingerprint density at radius 2 is 1.97 bits per heavy atom. The first-order valence-corrected chi connectivity index (χ1v) is 10.4. The van der Waals surface area contributed by atoms with Gasteiger partial charge in [-0.05, 0) is 36.4 Å². The molecule has 1 atom stereocenters. The van der Waals surface area contributed by atoms with E-state index in [4.69, 9.17) is 4.74 Å². The molecule has 1 saturated heterocycles. The molecule has 30 heavy (non-hydrogen) atoms. The first kappa shape index (κ1) is 21.4. The second-order valence-corrected chi connectivity index (χ2v) is 8.39. The van der Waals surface area contributed by atoms with Crippen LogP contribution in [0.5, 0.6) is 0 Å². The summed E-state index contributed by atoms with van der Waals surface area (Å²) in [7, 11) is -4.40. The van der Waals surface area contributed by atoms with Crippen molar-refractivity contribution in [2.45, 2.75) is 17.9 Å². The van der Waals surface area contributed by atoms with Gasteiger partial charge in [0.05, 0.1) is 23.7 Å². The van der Waals surface area contributed by atoms with Gasteiger partial charge in [-0.3, -0.25) is 9.69 Å². The maximum Gasteiger partial charge on any atom is 0.414 e. The Morgan fingerprint density at radius 3 is 2.60 bits per heavy atom. The molecule has 7 nitrogen and oxygen atoms in total. The van der Waals surface area contributed by atoms with Crippen molar-refractivity contribution in [3.05, 3.63) is 65.1 Å². The summed E-state index contributed by atoms with van der Waals surface area (Å²) in [6, 6.07) is 10.4. The minimum atomic E-state index is -4.40. The molecule has 2 aromatic rings. The first-order chi connectivity index (χ1) is 14.2. The number of cyclic esters (lactones) is 1. The third-order valence-electron chi connectivity index (χ3n) is 4.33. The van der Waals surface area contributed by atoms with Crippen LogP contribution in [0.15, 0.2) is 58.6 Å². The number of halogens is 2. The molecule has 2 aromatic carbocycles. The van der Waals surface area contributed by atoms with Crippen molar-refractivity contribution in [3.63, 3.8) is 0 Å². The van der Waals surface area contributed by atoms with E-state index in [-0.39, 0.29) is 35.1 Å². The molecule has 0 saturated carbocycles. The highest BCUT2D eigenvalue weighted by molar-refractivity contribution is 7.95. The second-order valence-electron chi connectivity index (χ2n) is 6.52. The van der Waals surface area contributed by atoms with E-state index in [0.29, 0.717) is 6.08 Å². The summed E-state index contributed by atoms with van der Waals surface area (Å²) in [6.45, 7) is 1.53. The standard InChI is InChI=1S/C20H18F2N2O5S/c1-13(25)23-11-16-12-24(20(26)29-16)15-8-7-14(18(21)10-15)9-19(22)30(27,28)17-5-3-2-4-6-17/h2-10,16H,11-12H2,1H3,(H,23,25)/b19-9+/t16-/m0/s1. The molecule has 1 aliphatic heterocycles. The minimum absolute atomic E-state index is 0.0878. The van der Waals surface area contributed by atoms with Gasteiger partial charge in [-0.25, -0.2) is 17.6 Å². The van der Waals surface area contributed by atoms with Crippen molar-refractivity contribution in [1.29, 1.82) is 0 Å². The second kappa shape index (κ2) is 8.62. The van der Waals surface area contributed by atoms with Gasteiger partial charge in [0.25, 0.3) is 0 Å². The average molecular weight is 436 g/mol. The largest absolute Gasteiger partial charge is 0.442 e. The van der Waals surface area contributed by atoms with Crippen molar-refractivity contribution >= 4 is 33.6 Å². The Labute approximate surface area is 171 Å². The molecular formula is C20H18F2N2O5S. The third kappa shape index (κ3) is 4.65. The van der Waals surface area contributed by atoms with Crippen LogP contribution in [0, 0.1) is 5.82 Å². The number of rotatable bonds is 6. The maximum atomic E-state index is 14.5. The fraction of sp³-hybridized carbons (Fsp3) is 0.200. The predicted molar refractivity (Wildman–Crippen MR) is 105 cm³/mol. The Morgan fingerprint density at radius 1 is 1.27 bits per heavy atom. The quantitative estimate of drug-likeness (QED) is 0.752. The number of hydrogen-bond acceptors (Lipinski definition) is 5. The summed E-state index contributed by atoms with van der Waals surface area (Å²) in [6.07, 6.45) is -0.730. The van der Waals surface area contributed by atoms with E-state index in [1.807, 2.05) is 0 Å². The van der Waals surface area contributed by atoms with Crippen molar-refractivity contribution in [2.24, 2.45) is 0 Å². The van der Waals surface area contributed by atoms with Gasteiger partial charge in [-0.1, -0.05) is 18.2 Å². The van der Waals surface area contributed by atoms with Crippen LogP contribution in [0.3, 0.4) is 0 Å². The van der Waals surface area contributed by atoms with Crippen LogP contribution in [0.4, 0.5) is 19.3 Å². The molecule has 0 unspecified atom stereocenters. The zero-order valence-electron chi connectivity index (χ0n) is 15.8. The van der Waals surface area contributed by atoms with Crippen molar-refractivity contribution in [1.82, 2.24) is 5.32 Å². The smallest absolute Gasteiger partial charge is 0.414 e. The van der Waals surface area contributed by atoms with Crippen LogP contribution in [-0.2, 0) is 19.4 Å². The molecule has 3 rings (SSSR count). The van der Waals surface area contributed by atoms with E-state index in [9.17, 15) is 26.8 Å². The third-order valence-corrected chi connectivity index (χ3v) is 5.85. The lowest BCUT2D eigenvalue weighted by Crippen LogP contribution is -2.33. The van der Waals surface area contributed by atoms with E-state index < -0.39 is 33.0 Å². The van der Waals surface area contributed by atoms with Gasteiger partial charge < -0.3 is 10.1 Å². The predicted octanol–water partition coefficient (Wildman–Crippen LogP) is 3.03. The molecule has 158 valence electrons. The van der Waals surface area contributed by atoms with Gasteiger partial charge in [-0.2, -0.15) is 4.39 Å². The molecule has 0 radical (unpaired) electrons. The number of sulfone groups is 1. The van der Waals surface area contributed by atoms with Crippen molar-refractivity contribution < 1.29 is 31.5 Å². The molecule has 1 heterocycles. The average Bonchev–Trinajstić information content (AvgIpc) is 3.09. The van der Waals surface area contributed by atoms with E-state index >= 15 is 0 Å². The molecule has 10 heteroatoms. The molecule has 0 bridgehead atoms. The molecule has 0 aromatic heterocycles. The minimum Gasteiger partial charge on any atom is -0.442 e. The normalized spacial score (nSPS) is 17.0. The number of amides is 2. The highest BCUT2D eigenvalue weighted by Crippen LogP contribution is 2.27. The lowest BCUT2D eigenvalue weighted by atomic mass is 10.1. The Bertz CT molecular complexity index is 1100. The van der Waals surface area contributed by atoms with E-state index in [0.717, 1.165) is 6.07 Å². The van der Waals surface area contributed by atoms with Crippen LogP contribution in [0.1, 0.15) is 12.5 Å². The van der Waals surface area contributed by atoms with Gasteiger partial charge in [0.15, 0.2) is 0 Å². The van der Waals surface area contributed by atoms with E-state index in [2.05, 4.69) is 5.32 Å². The molecule has 0 aliphatic carbocycles. The molecule has 1 aliphatic rings.